The van der Waals surface area contributed by atoms with Gasteiger partial charge in [0.25, 0.3) is 5.91 Å². The van der Waals surface area contributed by atoms with E-state index in [4.69, 9.17) is 0 Å². The lowest BCUT2D eigenvalue weighted by molar-refractivity contribution is -0.146. The maximum absolute atomic E-state index is 12.8. The van der Waals surface area contributed by atoms with Gasteiger partial charge in [-0.3, -0.25) is 25.2 Å². The molecule has 146 valence electrons. The third-order valence-corrected chi connectivity index (χ3v) is 6.54. The lowest BCUT2D eigenvalue weighted by atomic mass is 9.49. The summed E-state index contributed by atoms with van der Waals surface area (Å²) in [5.74, 6) is 1.78. The van der Waals surface area contributed by atoms with Crippen molar-refractivity contribution in [1.82, 2.24) is 21.2 Å². The van der Waals surface area contributed by atoms with Crippen molar-refractivity contribution in [1.29, 1.82) is 0 Å². The highest BCUT2D eigenvalue weighted by atomic mass is 16.2. The normalized spacial score (nSPS) is 30.7. The standard InChI is InChI=1S/C20H28N4O3/c25-17(23-24-18(26)16-3-1-5-21-16)4-2-6-22-19(27)20-10-13-7-14(11-20)9-15(8-13)12-20/h1,3,5,13-15,21H,2,4,6-12H2,(H,22,27)(H,23,25)(H,24,26). The molecule has 1 heterocycles. The van der Waals surface area contributed by atoms with Crippen molar-refractivity contribution in [3.63, 3.8) is 0 Å². The molecular formula is C20H28N4O3. The topological polar surface area (TPSA) is 103 Å². The molecule has 1 aromatic heterocycles. The summed E-state index contributed by atoms with van der Waals surface area (Å²) in [5.41, 5.74) is 5.01. The fourth-order valence-corrected chi connectivity index (χ4v) is 5.75. The Morgan fingerprint density at radius 1 is 1.04 bits per heavy atom. The van der Waals surface area contributed by atoms with E-state index >= 15 is 0 Å². The zero-order chi connectivity index (χ0) is 18.9. The maximum atomic E-state index is 12.8. The van der Waals surface area contributed by atoms with Gasteiger partial charge in [-0.2, -0.15) is 0 Å². The predicted octanol–water partition coefficient (Wildman–Crippen LogP) is 1.89. The Kier molecular flexibility index (Phi) is 4.93. The highest BCUT2D eigenvalue weighted by Gasteiger charge is 2.54. The van der Waals surface area contributed by atoms with Gasteiger partial charge in [-0.05, 0) is 74.8 Å². The minimum atomic E-state index is -0.386. The number of hydrogen-bond donors (Lipinski definition) is 4. The second-order valence-electron chi connectivity index (χ2n) is 8.64. The number of carbonyl (C=O) groups excluding carboxylic acids is 3. The fourth-order valence-electron chi connectivity index (χ4n) is 5.75. The highest BCUT2D eigenvalue weighted by molar-refractivity contribution is 5.93. The first-order valence-corrected chi connectivity index (χ1v) is 10.0. The second-order valence-corrected chi connectivity index (χ2v) is 8.64. The summed E-state index contributed by atoms with van der Waals surface area (Å²) in [7, 11) is 0. The quantitative estimate of drug-likeness (QED) is 0.453. The molecule has 0 atom stereocenters. The van der Waals surface area contributed by atoms with E-state index in [2.05, 4.69) is 21.2 Å². The molecule has 3 amide bonds. The van der Waals surface area contributed by atoms with Crippen LogP contribution in [0.4, 0.5) is 0 Å². The molecule has 4 N–H and O–H groups in total. The predicted molar refractivity (Wildman–Crippen MR) is 99.3 cm³/mol. The summed E-state index contributed by atoms with van der Waals surface area (Å²) in [6.07, 6.45) is 9.57. The van der Waals surface area contributed by atoms with E-state index < -0.39 is 0 Å². The number of H-pyrrole nitrogens is 1. The van der Waals surface area contributed by atoms with Gasteiger partial charge in [0.05, 0.1) is 0 Å². The Balaban J connectivity index is 1.15. The summed E-state index contributed by atoms with van der Waals surface area (Å²) in [4.78, 5) is 39.1. The van der Waals surface area contributed by atoms with Crippen LogP contribution in [0, 0.1) is 23.2 Å². The van der Waals surface area contributed by atoms with Gasteiger partial charge in [0.15, 0.2) is 0 Å². The van der Waals surface area contributed by atoms with Gasteiger partial charge in [0.1, 0.15) is 5.69 Å². The SMILES string of the molecule is O=C(CCCNC(=O)C12CC3CC(CC(C3)C1)C2)NNC(=O)c1ccc[nH]1. The molecule has 4 fully saturated rings. The molecular weight excluding hydrogens is 344 g/mol. The van der Waals surface area contributed by atoms with Crippen LogP contribution in [0.5, 0.6) is 0 Å². The molecule has 0 radical (unpaired) electrons. The van der Waals surface area contributed by atoms with Crippen LogP contribution in [-0.4, -0.2) is 29.3 Å². The Hall–Kier alpha value is -2.31. The molecule has 0 unspecified atom stereocenters. The van der Waals surface area contributed by atoms with Gasteiger partial charge in [0.2, 0.25) is 11.8 Å². The number of aromatic amines is 1. The maximum Gasteiger partial charge on any atom is 0.286 e. The van der Waals surface area contributed by atoms with Crippen molar-refractivity contribution in [2.24, 2.45) is 23.2 Å². The van der Waals surface area contributed by atoms with E-state index in [1.54, 1.807) is 18.3 Å². The highest BCUT2D eigenvalue weighted by Crippen LogP contribution is 2.60. The first-order chi connectivity index (χ1) is 13.0. The van der Waals surface area contributed by atoms with Gasteiger partial charge in [-0.15, -0.1) is 0 Å². The summed E-state index contributed by atoms with van der Waals surface area (Å²) in [6.45, 7) is 0.499. The van der Waals surface area contributed by atoms with Crippen molar-refractivity contribution in [2.45, 2.75) is 51.4 Å². The molecule has 7 heteroatoms. The molecule has 0 saturated heterocycles. The second kappa shape index (κ2) is 7.37. The number of amides is 3. The number of rotatable bonds is 6. The van der Waals surface area contributed by atoms with Gasteiger partial charge in [0, 0.05) is 24.6 Å². The summed E-state index contributed by atoms with van der Waals surface area (Å²) in [5, 5.41) is 3.07. The van der Waals surface area contributed by atoms with Gasteiger partial charge in [-0.25, -0.2) is 0 Å². The lowest BCUT2D eigenvalue weighted by Crippen LogP contribution is -2.53. The van der Waals surface area contributed by atoms with Gasteiger partial charge in [-0.1, -0.05) is 0 Å². The number of hydrazine groups is 1. The Labute approximate surface area is 159 Å². The van der Waals surface area contributed by atoms with Gasteiger partial charge >= 0.3 is 0 Å². The monoisotopic (exact) mass is 372 g/mol. The Morgan fingerprint density at radius 3 is 2.30 bits per heavy atom. The zero-order valence-electron chi connectivity index (χ0n) is 15.6. The number of hydrogen-bond acceptors (Lipinski definition) is 3. The van der Waals surface area contributed by atoms with Crippen LogP contribution in [-0.2, 0) is 9.59 Å². The van der Waals surface area contributed by atoms with Crippen molar-refractivity contribution in [3.05, 3.63) is 24.0 Å². The first kappa shape index (κ1) is 18.1. The van der Waals surface area contributed by atoms with E-state index in [9.17, 15) is 14.4 Å². The molecule has 0 aromatic carbocycles. The summed E-state index contributed by atoms with van der Waals surface area (Å²) < 4.78 is 0. The van der Waals surface area contributed by atoms with Crippen LogP contribution < -0.4 is 16.2 Å². The zero-order valence-corrected chi connectivity index (χ0v) is 15.6. The molecule has 0 spiro atoms. The van der Waals surface area contributed by atoms with Crippen molar-refractivity contribution >= 4 is 17.7 Å². The summed E-state index contributed by atoms with van der Waals surface area (Å²) >= 11 is 0. The van der Waals surface area contributed by atoms with Crippen LogP contribution in [0.1, 0.15) is 61.9 Å². The van der Waals surface area contributed by atoms with Crippen LogP contribution in [0.2, 0.25) is 0 Å². The number of nitrogens with one attached hydrogen (secondary N) is 4. The molecule has 4 saturated carbocycles. The molecule has 5 rings (SSSR count). The van der Waals surface area contributed by atoms with E-state index in [-0.39, 0.29) is 29.6 Å². The van der Waals surface area contributed by atoms with Gasteiger partial charge < -0.3 is 10.3 Å². The van der Waals surface area contributed by atoms with Crippen molar-refractivity contribution in [2.75, 3.05) is 6.54 Å². The largest absolute Gasteiger partial charge is 0.357 e. The number of carbonyl (C=O) groups is 3. The van der Waals surface area contributed by atoms with Crippen LogP contribution in [0.3, 0.4) is 0 Å². The molecule has 27 heavy (non-hydrogen) atoms. The molecule has 4 bridgehead atoms. The Bertz CT molecular complexity index is 678. The fraction of sp³-hybridized carbons (Fsp3) is 0.650. The Morgan fingerprint density at radius 2 is 1.70 bits per heavy atom. The molecule has 7 nitrogen and oxygen atoms in total. The smallest absolute Gasteiger partial charge is 0.286 e. The van der Waals surface area contributed by atoms with Crippen molar-refractivity contribution < 1.29 is 14.4 Å². The average Bonchev–Trinajstić information content (AvgIpc) is 3.16. The van der Waals surface area contributed by atoms with E-state index in [1.807, 2.05) is 0 Å². The van der Waals surface area contributed by atoms with Crippen LogP contribution >= 0.6 is 0 Å². The minimum absolute atomic E-state index is 0.138. The molecule has 1 aromatic rings. The molecule has 4 aliphatic rings. The lowest BCUT2D eigenvalue weighted by Gasteiger charge is -2.55. The van der Waals surface area contributed by atoms with Crippen molar-refractivity contribution in [3.8, 4) is 0 Å². The van der Waals surface area contributed by atoms with Crippen LogP contribution in [0.15, 0.2) is 18.3 Å². The van der Waals surface area contributed by atoms with E-state index in [1.165, 1.54) is 19.3 Å². The van der Waals surface area contributed by atoms with E-state index in [0.29, 0.717) is 18.7 Å². The summed E-state index contributed by atoms with van der Waals surface area (Å²) in [6, 6.07) is 3.34. The third kappa shape index (κ3) is 3.87. The minimum Gasteiger partial charge on any atom is -0.357 e. The first-order valence-electron chi connectivity index (χ1n) is 10.0. The average molecular weight is 372 g/mol. The molecule has 4 aliphatic carbocycles. The van der Waals surface area contributed by atoms with Crippen LogP contribution in [0.25, 0.3) is 0 Å². The number of aromatic nitrogens is 1. The van der Waals surface area contributed by atoms with E-state index in [0.717, 1.165) is 37.0 Å². The molecule has 0 aliphatic heterocycles. The third-order valence-electron chi connectivity index (χ3n) is 6.54.